The van der Waals surface area contributed by atoms with Crippen molar-refractivity contribution in [3.8, 4) is 39.3 Å². The third-order valence-electron chi connectivity index (χ3n) is 10.9. The molecule has 11 rings (SSSR count). The molecule has 0 radical (unpaired) electrons. The van der Waals surface area contributed by atoms with E-state index in [2.05, 4.69) is 199 Å². The molecular formula is C51H32N2. The molecule has 0 aliphatic heterocycles. The number of hydrogen-bond acceptors (Lipinski definition) is 1. The fourth-order valence-electron chi connectivity index (χ4n) is 8.70. The van der Waals surface area contributed by atoms with E-state index in [0.29, 0.717) is 0 Å². The van der Waals surface area contributed by atoms with Gasteiger partial charge >= 0.3 is 0 Å². The summed E-state index contributed by atoms with van der Waals surface area (Å²) in [6.45, 7) is 0. The number of fused-ring (bicyclic) bond motifs is 6. The van der Waals surface area contributed by atoms with Crippen LogP contribution in [0.5, 0.6) is 0 Å². The Balaban J connectivity index is 1.30. The van der Waals surface area contributed by atoms with Crippen LogP contribution in [-0.4, -0.2) is 9.55 Å². The molecule has 2 nitrogen and oxygen atoms in total. The van der Waals surface area contributed by atoms with Crippen molar-refractivity contribution in [1.29, 1.82) is 0 Å². The number of rotatable bonds is 4. The van der Waals surface area contributed by atoms with Crippen LogP contribution in [0, 0.1) is 0 Å². The molecule has 0 fully saturated rings. The maximum atomic E-state index is 5.26. The Morgan fingerprint density at radius 3 is 1.38 bits per heavy atom. The topological polar surface area (TPSA) is 17.8 Å². The zero-order valence-corrected chi connectivity index (χ0v) is 28.9. The molecule has 1 aromatic heterocycles. The lowest BCUT2D eigenvalue weighted by Crippen LogP contribution is -2.02. The molecular weight excluding hydrogens is 641 g/mol. The highest BCUT2D eigenvalue weighted by Crippen LogP contribution is 2.50. The molecule has 10 aromatic carbocycles. The van der Waals surface area contributed by atoms with Gasteiger partial charge in [-0.15, -0.1) is 0 Å². The first-order valence-electron chi connectivity index (χ1n) is 18.2. The standard InChI is InChI=1S/C51H32N2/c1-2-17-34(18-3-1)51-52-45-28-14-15-29-46(45)53(51)50-43-26-12-10-24-41(43)49(42-25-11-13-27-44(42)50)48-39-22-8-6-20-37(39)47(38-21-7-9-23-40(38)48)36-31-30-33-16-4-5-19-35(33)32-36/h1-32H. The summed E-state index contributed by atoms with van der Waals surface area (Å²) < 4.78 is 2.39. The molecule has 0 aliphatic carbocycles. The molecule has 1 heterocycles. The fraction of sp³-hybridized carbons (Fsp3) is 0. The van der Waals surface area contributed by atoms with E-state index >= 15 is 0 Å². The monoisotopic (exact) mass is 672 g/mol. The Morgan fingerprint density at radius 1 is 0.321 bits per heavy atom. The number of imidazole rings is 1. The van der Waals surface area contributed by atoms with Crippen LogP contribution in [0.4, 0.5) is 0 Å². The van der Waals surface area contributed by atoms with Crippen LogP contribution in [0.1, 0.15) is 0 Å². The van der Waals surface area contributed by atoms with Crippen molar-refractivity contribution in [3.63, 3.8) is 0 Å². The summed E-state index contributed by atoms with van der Waals surface area (Å²) in [6.07, 6.45) is 0. The largest absolute Gasteiger partial charge is 0.291 e. The Morgan fingerprint density at radius 2 is 0.774 bits per heavy atom. The van der Waals surface area contributed by atoms with Crippen LogP contribution in [0.2, 0.25) is 0 Å². The predicted molar refractivity (Wildman–Crippen MR) is 225 cm³/mol. The van der Waals surface area contributed by atoms with Crippen molar-refractivity contribution in [2.45, 2.75) is 0 Å². The van der Waals surface area contributed by atoms with Gasteiger partial charge < -0.3 is 0 Å². The number of para-hydroxylation sites is 2. The van der Waals surface area contributed by atoms with Gasteiger partial charge in [-0.2, -0.15) is 0 Å². The average Bonchev–Trinajstić information content (AvgIpc) is 3.61. The van der Waals surface area contributed by atoms with Crippen LogP contribution in [0.15, 0.2) is 194 Å². The van der Waals surface area contributed by atoms with Crippen molar-refractivity contribution in [2.75, 3.05) is 0 Å². The molecule has 2 heteroatoms. The molecule has 0 saturated carbocycles. The predicted octanol–water partition coefficient (Wildman–Crippen LogP) is 13.8. The molecule has 0 bridgehead atoms. The van der Waals surface area contributed by atoms with Crippen molar-refractivity contribution in [1.82, 2.24) is 9.55 Å². The highest BCUT2D eigenvalue weighted by atomic mass is 15.1. The van der Waals surface area contributed by atoms with Crippen LogP contribution in [0.25, 0.3) is 104 Å². The first-order valence-corrected chi connectivity index (χ1v) is 18.2. The minimum atomic E-state index is 0.936. The Labute approximate surface area is 306 Å². The van der Waals surface area contributed by atoms with Gasteiger partial charge in [0.25, 0.3) is 0 Å². The maximum absolute atomic E-state index is 5.26. The highest BCUT2D eigenvalue weighted by Gasteiger charge is 2.24. The summed E-state index contributed by atoms with van der Waals surface area (Å²) >= 11 is 0. The van der Waals surface area contributed by atoms with Crippen molar-refractivity contribution in [3.05, 3.63) is 194 Å². The molecule has 0 N–H and O–H groups in total. The Bertz CT molecular complexity index is 3110. The molecule has 0 aliphatic rings. The molecule has 0 saturated heterocycles. The van der Waals surface area contributed by atoms with E-state index in [-0.39, 0.29) is 0 Å². The molecule has 0 atom stereocenters. The number of benzene rings is 10. The Hall–Kier alpha value is -7.03. The second kappa shape index (κ2) is 11.8. The van der Waals surface area contributed by atoms with Crippen LogP contribution in [0.3, 0.4) is 0 Å². The molecule has 0 spiro atoms. The summed E-state index contributed by atoms with van der Waals surface area (Å²) in [5.74, 6) is 0.936. The maximum Gasteiger partial charge on any atom is 0.145 e. The van der Waals surface area contributed by atoms with E-state index in [0.717, 1.165) is 28.1 Å². The first-order chi connectivity index (χ1) is 26.3. The van der Waals surface area contributed by atoms with Crippen LogP contribution in [-0.2, 0) is 0 Å². The lowest BCUT2D eigenvalue weighted by Gasteiger charge is -2.23. The van der Waals surface area contributed by atoms with Crippen molar-refractivity contribution in [2.24, 2.45) is 0 Å². The number of hydrogen-bond donors (Lipinski definition) is 0. The summed E-state index contributed by atoms with van der Waals surface area (Å²) in [6, 6.07) is 70.5. The lowest BCUT2D eigenvalue weighted by molar-refractivity contribution is 1.13. The SMILES string of the molecule is c1ccc(-c2nc3ccccc3n2-c2c3ccccc3c(-c3c4ccccc4c(-c4ccc5ccccc5c4)c4ccccc34)c3ccccc23)cc1. The van der Waals surface area contributed by atoms with E-state index in [1.807, 2.05) is 0 Å². The second-order valence-electron chi connectivity index (χ2n) is 13.8. The van der Waals surface area contributed by atoms with Crippen LogP contribution >= 0.6 is 0 Å². The molecule has 53 heavy (non-hydrogen) atoms. The van der Waals surface area contributed by atoms with Crippen molar-refractivity contribution < 1.29 is 0 Å². The van der Waals surface area contributed by atoms with Gasteiger partial charge in [0.1, 0.15) is 5.82 Å². The Kier molecular flexibility index (Phi) is 6.59. The zero-order chi connectivity index (χ0) is 34.9. The summed E-state index contributed by atoms with van der Waals surface area (Å²) in [5, 5.41) is 12.3. The van der Waals surface area contributed by atoms with Gasteiger partial charge in [-0.3, -0.25) is 4.57 Å². The minimum absolute atomic E-state index is 0.936. The minimum Gasteiger partial charge on any atom is -0.291 e. The average molecular weight is 673 g/mol. The van der Waals surface area contributed by atoms with Crippen LogP contribution < -0.4 is 0 Å². The molecule has 11 aromatic rings. The third kappa shape index (κ3) is 4.49. The summed E-state index contributed by atoms with van der Waals surface area (Å²) in [7, 11) is 0. The van der Waals surface area contributed by atoms with E-state index in [4.69, 9.17) is 4.98 Å². The smallest absolute Gasteiger partial charge is 0.145 e. The van der Waals surface area contributed by atoms with E-state index < -0.39 is 0 Å². The molecule has 246 valence electrons. The molecule has 0 unspecified atom stereocenters. The number of nitrogens with zero attached hydrogens (tertiary/aromatic N) is 2. The van der Waals surface area contributed by atoms with Gasteiger partial charge in [0.15, 0.2) is 0 Å². The highest BCUT2D eigenvalue weighted by molar-refractivity contribution is 6.29. The van der Waals surface area contributed by atoms with Crippen molar-refractivity contribution >= 4 is 64.9 Å². The quantitative estimate of drug-likeness (QED) is 0.170. The molecule has 0 amide bonds. The normalized spacial score (nSPS) is 11.8. The van der Waals surface area contributed by atoms with Gasteiger partial charge in [0, 0.05) is 16.3 Å². The summed E-state index contributed by atoms with van der Waals surface area (Å²) in [4.78, 5) is 5.26. The van der Waals surface area contributed by atoms with Gasteiger partial charge in [-0.05, 0) is 83.5 Å². The van der Waals surface area contributed by atoms with E-state index in [1.54, 1.807) is 0 Å². The van der Waals surface area contributed by atoms with Gasteiger partial charge in [0.2, 0.25) is 0 Å². The number of aromatic nitrogens is 2. The second-order valence-corrected chi connectivity index (χ2v) is 13.8. The summed E-state index contributed by atoms with van der Waals surface area (Å²) in [5.41, 5.74) is 9.31. The van der Waals surface area contributed by atoms with E-state index in [1.165, 1.54) is 76.1 Å². The first kappa shape index (κ1) is 29.7. The fourth-order valence-corrected chi connectivity index (χ4v) is 8.70. The zero-order valence-electron chi connectivity index (χ0n) is 28.9. The third-order valence-corrected chi connectivity index (χ3v) is 10.9. The lowest BCUT2D eigenvalue weighted by atomic mass is 9.82. The van der Waals surface area contributed by atoms with Gasteiger partial charge in [-0.1, -0.05) is 176 Å². The van der Waals surface area contributed by atoms with E-state index in [9.17, 15) is 0 Å². The van der Waals surface area contributed by atoms with Gasteiger partial charge in [-0.25, -0.2) is 4.98 Å². The van der Waals surface area contributed by atoms with Gasteiger partial charge in [0.05, 0.1) is 16.7 Å².